The molecule has 0 heterocycles. The van der Waals surface area contributed by atoms with Crippen LogP contribution in [0.5, 0.6) is 0 Å². The van der Waals surface area contributed by atoms with Gasteiger partial charge in [-0.3, -0.25) is 0 Å². The summed E-state index contributed by atoms with van der Waals surface area (Å²) in [6.45, 7) is 6.31. The van der Waals surface area contributed by atoms with Crippen LogP contribution in [-0.4, -0.2) is 56.1 Å². The molecule has 0 aliphatic rings. The Balaban J connectivity index is 0. The van der Waals surface area contributed by atoms with Crippen molar-refractivity contribution in [3.05, 3.63) is 18.2 Å². The molecule has 0 spiro atoms. The van der Waals surface area contributed by atoms with Gasteiger partial charge in [0.15, 0.2) is 0 Å². The molecule has 0 aliphatic carbocycles. The molecule has 0 saturated carbocycles. The molecule has 2 unspecified atom stereocenters. The molecule has 3 N–H and O–H groups in total. The minimum atomic E-state index is -4.31. The monoisotopic (exact) mass is 477 g/mol. The minimum absolute atomic E-state index is 0. The largest absolute Gasteiger partial charge is 1.00 e. The van der Waals surface area contributed by atoms with Gasteiger partial charge in [-0.15, -0.1) is 0 Å². The van der Waals surface area contributed by atoms with Gasteiger partial charge < -0.3 is 25.1 Å². The summed E-state index contributed by atoms with van der Waals surface area (Å²) < 4.78 is 66.2. The third-order valence-corrected chi connectivity index (χ3v) is 7.23. The Morgan fingerprint density at radius 3 is 1.38 bits per heavy atom. The second kappa shape index (κ2) is 16.3. The van der Waals surface area contributed by atoms with E-state index in [2.05, 4.69) is 22.9 Å². The SMILES string of the molecule is CCCCCNc1cc(NCCC(C)S(=O)(=O)[O-])cc(NCCC(C)S(=O)(=O)[O-])c1.[Li+].[Li+]. The number of anilines is 3. The van der Waals surface area contributed by atoms with E-state index >= 15 is 0 Å². The summed E-state index contributed by atoms with van der Waals surface area (Å²) in [5.41, 5.74) is 2.32. The number of nitrogens with one attached hydrogen (secondary N) is 3. The molecule has 2 atom stereocenters. The predicted molar refractivity (Wildman–Crippen MR) is 119 cm³/mol. The second-order valence-corrected chi connectivity index (χ2v) is 11.1. The Morgan fingerprint density at radius 1 is 0.719 bits per heavy atom. The average molecular weight is 478 g/mol. The van der Waals surface area contributed by atoms with Crippen molar-refractivity contribution in [2.45, 2.75) is 63.4 Å². The summed E-state index contributed by atoms with van der Waals surface area (Å²) >= 11 is 0. The van der Waals surface area contributed by atoms with E-state index in [-0.39, 0.29) is 50.6 Å². The first kappa shape index (κ1) is 33.8. The van der Waals surface area contributed by atoms with Gasteiger partial charge in [0.1, 0.15) is 0 Å². The Bertz CT molecular complexity index is 808. The molecule has 0 fully saturated rings. The fraction of sp³-hybridized carbons (Fsp3) is 0.684. The summed E-state index contributed by atoms with van der Waals surface area (Å²) in [5.74, 6) is 0. The zero-order valence-corrected chi connectivity index (χ0v) is 21.4. The van der Waals surface area contributed by atoms with Crippen LogP contribution in [0, 0.1) is 0 Å². The molecule has 1 aromatic carbocycles. The zero-order chi connectivity index (χ0) is 22.8. The van der Waals surface area contributed by atoms with Crippen LogP contribution in [0.25, 0.3) is 0 Å². The fourth-order valence-corrected chi connectivity index (χ4v) is 3.48. The molecule has 0 radical (unpaired) electrons. The fourth-order valence-electron chi connectivity index (χ4n) is 2.67. The van der Waals surface area contributed by atoms with Gasteiger partial charge in [-0.2, -0.15) is 0 Å². The number of unbranched alkanes of at least 4 members (excludes halogenated alkanes) is 2. The molecule has 1 rings (SSSR count). The van der Waals surface area contributed by atoms with Gasteiger partial charge in [-0.25, -0.2) is 16.8 Å². The van der Waals surface area contributed by atoms with Crippen LogP contribution in [0.3, 0.4) is 0 Å². The molecular formula is C19H33Li2N3O6S2. The van der Waals surface area contributed by atoms with Crippen molar-refractivity contribution in [2.75, 3.05) is 35.6 Å². The van der Waals surface area contributed by atoms with Crippen molar-refractivity contribution in [1.82, 2.24) is 0 Å². The summed E-state index contributed by atoms with van der Waals surface area (Å²) in [6.07, 6.45) is 3.61. The molecule has 174 valence electrons. The van der Waals surface area contributed by atoms with Crippen molar-refractivity contribution >= 4 is 37.3 Å². The van der Waals surface area contributed by atoms with Crippen LogP contribution >= 0.6 is 0 Å². The Kier molecular flexibility index (Phi) is 17.2. The molecule has 0 saturated heterocycles. The van der Waals surface area contributed by atoms with E-state index in [9.17, 15) is 25.9 Å². The van der Waals surface area contributed by atoms with Crippen LogP contribution in [0.1, 0.15) is 52.9 Å². The van der Waals surface area contributed by atoms with E-state index in [0.717, 1.165) is 42.9 Å². The van der Waals surface area contributed by atoms with Gasteiger partial charge in [0.25, 0.3) is 0 Å². The van der Waals surface area contributed by atoms with Crippen LogP contribution in [0.15, 0.2) is 18.2 Å². The van der Waals surface area contributed by atoms with E-state index < -0.39 is 30.7 Å². The maximum atomic E-state index is 11.0. The standard InChI is InChI=1S/C19H35N3O6S2.2Li/c1-4-5-6-9-20-17-12-18(21-10-7-15(2)29(23,24)25)14-19(13-17)22-11-8-16(3)30(26,27)28;;/h12-16,20-22H,4-11H2,1-3H3,(H,23,24,25)(H,26,27,28);;/q;2*+1/p-2. The van der Waals surface area contributed by atoms with Gasteiger partial charge >= 0.3 is 37.7 Å². The molecule has 0 amide bonds. The van der Waals surface area contributed by atoms with Crippen molar-refractivity contribution < 1.29 is 63.7 Å². The average Bonchev–Trinajstić information content (AvgIpc) is 2.63. The molecule has 13 heteroatoms. The Morgan fingerprint density at radius 2 is 1.06 bits per heavy atom. The minimum Gasteiger partial charge on any atom is -0.748 e. The molecule has 0 aliphatic heterocycles. The first-order valence-electron chi connectivity index (χ1n) is 10.2. The normalized spacial score (nSPS) is 13.3. The second-order valence-electron chi connectivity index (χ2n) is 7.47. The first-order valence-corrected chi connectivity index (χ1v) is 13.1. The maximum Gasteiger partial charge on any atom is 1.00 e. The van der Waals surface area contributed by atoms with E-state index in [0.29, 0.717) is 13.1 Å². The van der Waals surface area contributed by atoms with E-state index in [1.165, 1.54) is 13.8 Å². The van der Waals surface area contributed by atoms with Gasteiger partial charge in [-0.05, 0) is 51.3 Å². The third-order valence-electron chi connectivity index (χ3n) is 4.79. The number of hydrogen-bond donors (Lipinski definition) is 3. The molecular weight excluding hydrogens is 444 g/mol. The Labute approximate surface area is 217 Å². The quantitative estimate of drug-likeness (QED) is 0.135. The molecule has 0 aromatic heterocycles. The molecule has 9 nitrogen and oxygen atoms in total. The van der Waals surface area contributed by atoms with Crippen molar-refractivity contribution in [2.24, 2.45) is 0 Å². The van der Waals surface area contributed by atoms with E-state index in [4.69, 9.17) is 0 Å². The van der Waals surface area contributed by atoms with E-state index in [1.54, 1.807) is 0 Å². The molecule has 0 bridgehead atoms. The van der Waals surface area contributed by atoms with Crippen molar-refractivity contribution in [3.8, 4) is 0 Å². The van der Waals surface area contributed by atoms with Gasteiger partial charge in [0, 0.05) is 47.2 Å². The smallest absolute Gasteiger partial charge is 0.748 e. The Hall–Kier alpha value is -0.365. The van der Waals surface area contributed by atoms with Crippen LogP contribution in [0.4, 0.5) is 17.1 Å². The summed E-state index contributed by atoms with van der Waals surface area (Å²) in [7, 11) is -8.63. The molecule has 32 heavy (non-hydrogen) atoms. The number of benzene rings is 1. The predicted octanol–water partition coefficient (Wildman–Crippen LogP) is -3.23. The van der Waals surface area contributed by atoms with Crippen LogP contribution in [0.2, 0.25) is 0 Å². The number of hydrogen-bond acceptors (Lipinski definition) is 9. The summed E-state index contributed by atoms with van der Waals surface area (Å²) in [4.78, 5) is 0. The maximum absolute atomic E-state index is 11.0. The topological polar surface area (TPSA) is 150 Å². The van der Waals surface area contributed by atoms with Crippen molar-refractivity contribution in [1.29, 1.82) is 0 Å². The first-order chi connectivity index (χ1) is 13.9. The zero-order valence-electron chi connectivity index (χ0n) is 19.8. The summed E-state index contributed by atoms with van der Waals surface area (Å²) in [5, 5.41) is 7.63. The van der Waals surface area contributed by atoms with Gasteiger partial charge in [0.2, 0.25) is 0 Å². The van der Waals surface area contributed by atoms with Gasteiger partial charge in [0.05, 0.1) is 20.2 Å². The van der Waals surface area contributed by atoms with Gasteiger partial charge in [-0.1, -0.05) is 19.8 Å². The van der Waals surface area contributed by atoms with Crippen LogP contribution in [-0.2, 0) is 20.2 Å². The van der Waals surface area contributed by atoms with Crippen molar-refractivity contribution in [3.63, 3.8) is 0 Å². The van der Waals surface area contributed by atoms with E-state index in [1.807, 2.05) is 18.2 Å². The summed E-state index contributed by atoms with van der Waals surface area (Å²) in [6, 6.07) is 5.58. The molecule has 1 aromatic rings. The van der Waals surface area contributed by atoms with Crippen LogP contribution < -0.4 is 53.7 Å². The third kappa shape index (κ3) is 14.0. The number of rotatable bonds is 15.